The average Bonchev–Trinajstić information content (AvgIpc) is 2.17. The minimum Gasteiger partial charge on any atom is -0.480 e. The highest BCUT2D eigenvalue weighted by molar-refractivity contribution is 5.72. The van der Waals surface area contributed by atoms with E-state index in [0.29, 0.717) is 5.92 Å². The van der Waals surface area contributed by atoms with Crippen molar-refractivity contribution in [1.82, 2.24) is 4.90 Å². The summed E-state index contributed by atoms with van der Waals surface area (Å²) < 4.78 is 5.10. The Morgan fingerprint density at radius 1 is 1.71 bits per heavy atom. The maximum absolute atomic E-state index is 10.8. The third-order valence-electron chi connectivity index (χ3n) is 2.86. The lowest BCUT2D eigenvalue weighted by Crippen LogP contribution is -2.45. The Hall–Kier alpha value is -0.610. The van der Waals surface area contributed by atoms with Crippen molar-refractivity contribution >= 4 is 5.97 Å². The van der Waals surface area contributed by atoms with Crippen LogP contribution < -0.4 is 0 Å². The van der Waals surface area contributed by atoms with Gasteiger partial charge in [0.05, 0.1) is 6.61 Å². The first-order chi connectivity index (χ1) is 6.65. The summed E-state index contributed by atoms with van der Waals surface area (Å²) in [6.45, 7) is 4.23. The van der Waals surface area contributed by atoms with Gasteiger partial charge in [-0.2, -0.15) is 0 Å². The van der Waals surface area contributed by atoms with E-state index in [4.69, 9.17) is 9.84 Å². The lowest BCUT2D eigenvalue weighted by atomic mass is 9.98. The Morgan fingerprint density at radius 3 is 3.00 bits per heavy atom. The summed E-state index contributed by atoms with van der Waals surface area (Å²) >= 11 is 0. The fraction of sp³-hybridized carbons (Fsp3) is 0.900. The zero-order valence-electron chi connectivity index (χ0n) is 8.90. The molecule has 0 bridgehead atoms. The molecular weight excluding hydrogens is 182 g/mol. The standard InChI is InChI=1S/C10H19NO3/c1-8(10(12)13)11-5-3-4-9(6-11)7-14-2/h8-9H,3-7H2,1-2H3,(H,12,13)/t8-,9+/m0/s1. The van der Waals surface area contributed by atoms with Crippen LogP contribution in [-0.2, 0) is 9.53 Å². The van der Waals surface area contributed by atoms with E-state index in [0.717, 1.165) is 32.5 Å². The molecule has 1 N–H and O–H groups in total. The van der Waals surface area contributed by atoms with Gasteiger partial charge >= 0.3 is 5.97 Å². The molecule has 0 radical (unpaired) electrons. The van der Waals surface area contributed by atoms with Crippen LogP contribution in [0.1, 0.15) is 19.8 Å². The molecule has 1 fully saturated rings. The van der Waals surface area contributed by atoms with Gasteiger partial charge in [-0.25, -0.2) is 0 Å². The fourth-order valence-electron chi connectivity index (χ4n) is 1.98. The summed E-state index contributed by atoms with van der Waals surface area (Å²) in [5.74, 6) is -0.237. The number of carboxylic acid groups (broad SMARTS) is 1. The Labute approximate surface area is 84.8 Å². The minimum atomic E-state index is -0.733. The summed E-state index contributed by atoms with van der Waals surface area (Å²) in [4.78, 5) is 12.8. The number of carboxylic acids is 1. The van der Waals surface area contributed by atoms with Gasteiger partial charge in [0.1, 0.15) is 6.04 Å². The van der Waals surface area contributed by atoms with Gasteiger partial charge in [-0.3, -0.25) is 9.69 Å². The second-order valence-corrected chi connectivity index (χ2v) is 3.97. The number of aliphatic carboxylic acids is 1. The van der Waals surface area contributed by atoms with Gasteiger partial charge in [0.15, 0.2) is 0 Å². The smallest absolute Gasteiger partial charge is 0.320 e. The summed E-state index contributed by atoms with van der Waals surface area (Å²) in [6, 6.07) is -0.366. The molecule has 0 amide bonds. The highest BCUT2D eigenvalue weighted by Crippen LogP contribution is 2.18. The van der Waals surface area contributed by atoms with E-state index in [9.17, 15) is 4.79 Å². The van der Waals surface area contributed by atoms with Gasteiger partial charge < -0.3 is 9.84 Å². The molecule has 0 aromatic heterocycles. The number of hydrogen-bond acceptors (Lipinski definition) is 3. The molecule has 4 nitrogen and oxygen atoms in total. The first-order valence-corrected chi connectivity index (χ1v) is 5.11. The third-order valence-corrected chi connectivity index (χ3v) is 2.86. The minimum absolute atomic E-state index is 0.366. The SMILES string of the molecule is COC[C@@H]1CCCN([C@@H](C)C(=O)O)C1. The molecule has 0 aromatic rings. The summed E-state index contributed by atoms with van der Waals surface area (Å²) in [6.07, 6.45) is 2.22. The van der Waals surface area contributed by atoms with Crippen LogP contribution in [0.4, 0.5) is 0 Å². The van der Waals surface area contributed by atoms with Crippen molar-refractivity contribution < 1.29 is 14.6 Å². The molecule has 0 unspecified atom stereocenters. The van der Waals surface area contributed by atoms with Crippen LogP contribution in [0, 0.1) is 5.92 Å². The van der Waals surface area contributed by atoms with Crippen molar-refractivity contribution in [3.05, 3.63) is 0 Å². The van der Waals surface area contributed by atoms with Crippen molar-refractivity contribution in [3.63, 3.8) is 0 Å². The molecule has 0 aromatic carbocycles. The molecule has 0 aliphatic carbocycles. The predicted molar refractivity (Wildman–Crippen MR) is 53.3 cm³/mol. The lowest BCUT2D eigenvalue weighted by Gasteiger charge is -2.34. The largest absolute Gasteiger partial charge is 0.480 e. The van der Waals surface area contributed by atoms with E-state index in [1.807, 2.05) is 4.90 Å². The quantitative estimate of drug-likeness (QED) is 0.731. The van der Waals surface area contributed by atoms with Crippen molar-refractivity contribution in [1.29, 1.82) is 0 Å². The van der Waals surface area contributed by atoms with Crippen molar-refractivity contribution in [2.45, 2.75) is 25.8 Å². The lowest BCUT2D eigenvalue weighted by molar-refractivity contribution is -0.143. The zero-order chi connectivity index (χ0) is 10.6. The molecule has 1 rings (SSSR count). The number of carbonyl (C=O) groups is 1. The van der Waals surface area contributed by atoms with Crippen LogP contribution in [0.2, 0.25) is 0 Å². The predicted octanol–water partition coefficient (Wildman–Crippen LogP) is 0.818. The molecule has 0 spiro atoms. The molecule has 82 valence electrons. The second kappa shape index (κ2) is 5.32. The number of ether oxygens (including phenoxy) is 1. The normalized spacial score (nSPS) is 26.0. The molecule has 1 aliphatic rings. The van der Waals surface area contributed by atoms with E-state index in [1.54, 1.807) is 14.0 Å². The molecule has 1 saturated heterocycles. The van der Waals surface area contributed by atoms with Gasteiger partial charge in [-0.15, -0.1) is 0 Å². The van der Waals surface area contributed by atoms with E-state index < -0.39 is 5.97 Å². The molecule has 2 atom stereocenters. The second-order valence-electron chi connectivity index (χ2n) is 3.97. The van der Waals surface area contributed by atoms with Crippen molar-refractivity contribution in [2.75, 3.05) is 26.8 Å². The van der Waals surface area contributed by atoms with Gasteiger partial charge in [-0.05, 0) is 32.2 Å². The van der Waals surface area contributed by atoms with Gasteiger partial charge in [-0.1, -0.05) is 0 Å². The summed E-state index contributed by atoms with van der Waals surface area (Å²) in [7, 11) is 1.69. The highest BCUT2D eigenvalue weighted by atomic mass is 16.5. The Bertz CT molecular complexity index is 194. The maximum atomic E-state index is 10.8. The first kappa shape index (κ1) is 11.5. The summed E-state index contributed by atoms with van der Waals surface area (Å²) in [5.41, 5.74) is 0. The van der Waals surface area contributed by atoms with Gasteiger partial charge in [0.25, 0.3) is 0 Å². The van der Waals surface area contributed by atoms with Crippen LogP contribution in [0.5, 0.6) is 0 Å². The van der Waals surface area contributed by atoms with Crippen molar-refractivity contribution in [3.8, 4) is 0 Å². The third kappa shape index (κ3) is 2.96. The summed E-state index contributed by atoms with van der Waals surface area (Å²) in [5, 5.41) is 8.88. The molecule has 1 aliphatic heterocycles. The Balaban J connectivity index is 2.43. The van der Waals surface area contributed by atoms with Crippen molar-refractivity contribution in [2.24, 2.45) is 5.92 Å². The molecular formula is C10H19NO3. The molecule has 14 heavy (non-hydrogen) atoms. The van der Waals surface area contributed by atoms with Crippen LogP contribution in [0.3, 0.4) is 0 Å². The number of piperidine rings is 1. The fourth-order valence-corrected chi connectivity index (χ4v) is 1.98. The van der Waals surface area contributed by atoms with Gasteiger partial charge in [0.2, 0.25) is 0 Å². The average molecular weight is 201 g/mol. The topological polar surface area (TPSA) is 49.8 Å². The van der Waals surface area contributed by atoms with E-state index >= 15 is 0 Å². The number of likely N-dealkylation sites (tertiary alicyclic amines) is 1. The van der Waals surface area contributed by atoms with Crippen LogP contribution >= 0.6 is 0 Å². The number of nitrogens with zero attached hydrogens (tertiary/aromatic N) is 1. The molecule has 0 saturated carbocycles. The molecule has 4 heteroatoms. The van der Waals surface area contributed by atoms with Crippen LogP contribution in [0.25, 0.3) is 0 Å². The number of hydrogen-bond donors (Lipinski definition) is 1. The first-order valence-electron chi connectivity index (χ1n) is 5.11. The number of rotatable bonds is 4. The van der Waals surface area contributed by atoms with Crippen LogP contribution in [0.15, 0.2) is 0 Å². The zero-order valence-corrected chi connectivity index (χ0v) is 8.90. The Kier molecular flexibility index (Phi) is 4.35. The van der Waals surface area contributed by atoms with E-state index in [2.05, 4.69) is 0 Å². The number of methoxy groups -OCH3 is 1. The van der Waals surface area contributed by atoms with Gasteiger partial charge in [0, 0.05) is 13.7 Å². The van der Waals surface area contributed by atoms with E-state index in [1.165, 1.54) is 0 Å². The monoisotopic (exact) mass is 201 g/mol. The maximum Gasteiger partial charge on any atom is 0.320 e. The highest BCUT2D eigenvalue weighted by Gasteiger charge is 2.26. The Morgan fingerprint density at radius 2 is 2.43 bits per heavy atom. The molecule has 1 heterocycles. The van der Waals surface area contributed by atoms with E-state index in [-0.39, 0.29) is 6.04 Å². The van der Waals surface area contributed by atoms with Crippen LogP contribution in [-0.4, -0.2) is 48.8 Å².